The third-order valence-corrected chi connectivity index (χ3v) is 6.66. The molecule has 6 nitrogen and oxygen atoms in total. The summed E-state index contributed by atoms with van der Waals surface area (Å²) in [5.74, 6) is -0.0535. The molecule has 2 aromatic carbocycles. The second kappa shape index (κ2) is 8.82. The number of thiazole rings is 1. The molecular weight excluding hydrogens is 476 g/mol. The highest BCUT2D eigenvalue weighted by Crippen LogP contribution is 2.30. The predicted octanol–water partition coefficient (Wildman–Crippen LogP) is 4.84. The fourth-order valence-electron chi connectivity index (χ4n) is 3.75. The van der Waals surface area contributed by atoms with Crippen LogP contribution in [0.1, 0.15) is 5.69 Å². The normalized spacial score (nSPS) is 14.2. The maximum absolute atomic E-state index is 12.9. The van der Waals surface area contributed by atoms with Crippen molar-refractivity contribution in [1.29, 1.82) is 0 Å². The standard InChI is InChI=1S/C23H21BrN4O2S/c24-17-6-7-21(27-8-10-30-11-9-27)19(12-17)25-22(29)13-18-15-31-23-26-20(14-28(18)23)16-4-2-1-3-5-16/h1-7,12,14-15H,8-11,13H2,(H,25,29). The number of aromatic nitrogens is 2. The number of ether oxygens (including phenoxy) is 1. The van der Waals surface area contributed by atoms with Crippen molar-refractivity contribution in [2.24, 2.45) is 0 Å². The van der Waals surface area contributed by atoms with Crippen molar-refractivity contribution in [3.63, 3.8) is 0 Å². The number of carbonyl (C=O) groups is 1. The molecule has 0 aliphatic carbocycles. The van der Waals surface area contributed by atoms with Crippen LogP contribution >= 0.6 is 27.3 Å². The Hall–Kier alpha value is -2.68. The average molecular weight is 497 g/mol. The summed E-state index contributed by atoms with van der Waals surface area (Å²) < 4.78 is 8.41. The molecule has 1 aliphatic heterocycles. The molecule has 0 radical (unpaired) electrons. The molecule has 0 unspecified atom stereocenters. The molecule has 0 bridgehead atoms. The zero-order valence-corrected chi connectivity index (χ0v) is 19.2. The quantitative estimate of drug-likeness (QED) is 0.429. The van der Waals surface area contributed by atoms with Crippen LogP contribution in [0.5, 0.6) is 0 Å². The maximum Gasteiger partial charge on any atom is 0.230 e. The first kappa shape index (κ1) is 20.2. The van der Waals surface area contributed by atoms with E-state index in [1.165, 1.54) is 0 Å². The Morgan fingerprint density at radius 1 is 1.16 bits per heavy atom. The zero-order valence-electron chi connectivity index (χ0n) is 16.8. The molecular formula is C23H21BrN4O2S. The number of hydrogen-bond acceptors (Lipinski definition) is 5. The summed E-state index contributed by atoms with van der Waals surface area (Å²) in [6, 6.07) is 16.1. The van der Waals surface area contributed by atoms with E-state index in [9.17, 15) is 4.79 Å². The molecule has 158 valence electrons. The number of benzene rings is 2. The molecule has 8 heteroatoms. The topological polar surface area (TPSA) is 58.9 Å². The Bertz CT molecular complexity index is 1220. The van der Waals surface area contributed by atoms with Gasteiger partial charge in [0.25, 0.3) is 0 Å². The lowest BCUT2D eigenvalue weighted by Crippen LogP contribution is -2.36. The molecule has 0 atom stereocenters. The van der Waals surface area contributed by atoms with Crippen LogP contribution in [0, 0.1) is 0 Å². The number of morpholine rings is 1. The third kappa shape index (κ3) is 4.37. The summed E-state index contributed by atoms with van der Waals surface area (Å²) in [5, 5.41) is 5.11. The maximum atomic E-state index is 12.9. The minimum Gasteiger partial charge on any atom is -0.378 e. The van der Waals surface area contributed by atoms with Crippen LogP contribution in [0.3, 0.4) is 0 Å². The molecule has 1 aliphatic rings. The number of anilines is 2. The van der Waals surface area contributed by atoms with Crippen LogP contribution in [0.2, 0.25) is 0 Å². The Morgan fingerprint density at radius 2 is 1.97 bits per heavy atom. The van der Waals surface area contributed by atoms with Crippen LogP contribution in [0.4, 0.5) is 11.4 Å². The van der Waals surface area contributed by atoms with Gasteiger partial charge in [0, 0.05) is 40.4 Å². The molecule has 1 amide bonds. The Morgan fingerprint density at radius 3 is 2.77 bits per heavy atom. The highest BCUT2D eigenvalue weighted by molar-refractivity contribution is 9.10. The Kier molecular flexibility index (Phi) is 5.76. The van der Waals surface area contributed by atoms with Crippen molar-refractivity contribution >= 4 is 49.5 Å². The molecule has 1 saturated heterocycles. The van der Waals surface area contributed by atoms with E-state index in [2.05, 4.69) is 26.1 Å². The summed E-state index contributed by atoms with van der Waals surface area (Å²) in [6.45, 7) is 3.02. The van der Waals surface area contributed by atoms with Crippen molar-refractivity contribution in [3.05, 3.63) is 70.3 Å². The van der Waals surface area contributed by atoms with Gasteiger partial charge < -0.3 is 15.0 Å². The molecule has 1 fully saturated rings. The first-order valence-electron chi connectivity index (χ1n) is 10.1. The summed E-state index contributed by atoms with van der Waals surface area (Å²) in [7, 11) is 0. The number of fused-ring (bicyclic) bond motifs is 1. The van der Waals surface area contributed by atoms with E-state index in [0.29, 0.717) is 13.2 Å². The highest BCUT2D eigenvalue weighted by Gasteiger charge is 2.18. The van der Waals surface area contributed by atoms with Crippen LogP contribution in [0.25, 0.3) is 16.2 Å². The van der Waals surface area contributed by atoms with Crippen molar-refractivity contribution < 1.29 is 9.53 Å². The molecule has 0 saturated carbocycles. The van der Waals surface area contributed by atoms with Crippen LogP contribution in [0.15, 0.2) is 64.6 Å². The highest BCUT2D eigenvalue weighted by atomic mass is 79.9. The van der Waals surface area contributed by atoms with Gasteiger partial charge >= 0.3 is 0 Å². The monoisotopic (exact) mass is 496 g/mol. The fourth-order valence-corrected chi connectivity index (χ4v) is 4.99. The number of amides is 1. The number of nitrogens with zero attached hydrogens (tertiary/aromatic N) is 3. The van der Waals surface area contributed by atoms with E-state index in [4.69, 9.17) is 9.72 Å². The van der Waals surface area contributed by atoms with Crippen molar-refractivity contribution in [1.82, 2.24) is 9.38 Å². The average Bonchev–Trinajstić information content (AvgIpc) is 3.37. The lowest BCUT2D eigenvalue weighted by molar-refractivity contribution is -0.115. The smallest absolute Gasteiger partial charge is 0.230 e. The number of imidazole rings is 1. The van der Waals surface area contributed by atoms with E-state index in [0.717, 1.165) is 50.8 Å². The number of halogens is 1. The van der Waals surface area contributed by atoms with Gasteiger partial charge in [-0.25, -0.2) is 4.98 Å². The molecule has 1 N–H and O–H groups in total. The molecule has 4 aromatic rings. The van der Waals surface area contributed by atoms with E-state index >= 15 is 0 Å². The SMILES string of the molecule is O=C(Cc1csc2nc(-c3ccccc3)cn12)Nc1cc(Br)ccc1N1CCOCC1. The van der Waals surface area contributed by atoms with Gasteiger partial charge in [0.2, 0.25) is 5.91 Å². The summed E-state index contributed by atoms with van der Waals surface area (Å²) >= 11 is 5.07. The van der Waals surface area contributed by atoms with E-state index in [1.807, 2.05) is 64.5 Å². The predicted molar refractivity (Wildman–Crippen MR) is 128 cm³/mol. The van der Waals surface area contributed by atoms with Crippen molar-refractivity contribution in [2.75, 3.05) is 36.5 Å². The Labute approximate surface area is 192 Å². The first-order valence-corrected chi connectivity index (χ1v) is 11.8. The zero-order chi connectivity index (χ0) is 21.2. The van der Waals surface area contributed by atoms with E-state index < -0.39 is 0 Å². The van der Waals surface area contributed by atoms with E-state index in [-0.39, 0.29) is 12.3 Å². The molecule has 5 rings (SSSR count). The van der Waals surface area contributed by atoms with Gasteiger partial charge in [-0.1, -0.05) is 46.3 Å². The minimum atomic E-state index is -0.0535. The number of carbonyl (C=O) groups excluding carboxylic acids is 1. The van der Waals surface area contributed by atoms with Crippen LogP contribution in [-0.4, -0.2) is 41.6 Å². The van der Waals surface area contributed by atoms with Crippen molar-refractivity contribution in [2.45, 2.75) is 6.42 Å². The van der Waals surface area contributed by atoms with Crippen molar-refractivity contribution in [3.8, 4) is 11.3 Å². The second-order valence-corrected chi connectivity index (χ2v) is 9.11. The lowest BCUT2D eigenvalue weighted by Gasteiger charge is -2.30. The van der Waals surface area contributed by atoms with Gasteiger partial charge in [-0.3, -0.25) is 9.20 Å². The van der Waals surface area contributed by atoms with Gasteiger partial charge in [0.05, 0.1) is 36.7 Å². The van der Waals surface area contributed by atoms with Crippen LogP contribution in [-0.2, 0) is 16.0 Å². The van der Waals surface area contributed by atoms with Gasteiger partial charge in [-0.05, 0) is 18.2 Å². The minimum absolute atomic E-state index is 0.0535. The van der Waals surface area contributed by atoms with Crippen LogP contribution < -0.4 is 10.2 Å². The second-order valence-electron chi connectivity index (χ2n) is 7.36. The van der Waals surface area contributed by atoms with Gasteiger partial charge in [0.15, 0.2) is 4.96 Å². The molecule has 0 spiro atoms. The lowest BCUT2D eigenvalue weighted by atomic mass is 10.2. The van der Waals surface area contributed by atoms with Gasteiger partial charge in [-0.15, -0.1) is 11.3 Å². The summed E-state index contributed by atoms with van der Waals surface area (Å²) in [5.41, 5.74) is 4.73. The number of hydrogen-bond donors (Lipinski definition) is 1. The largest absolute Gasteiger partial charge is 0.378 e. The third-order valence-electron chi connectivity index (χ3n) is 5.28. The molecule has 2 aromatic heterocycles. The van der Waals surface area contributed by atoms with E-state index in [1.54, 1.807) is 11.3 Å². The number of nitrogens with one attached hydrogen (secondary N) is 1. The molecule has 31 heavy (non-hydrogen) atoms. The summed E-state index contributed by atoms with van der Waals surface area (Å²) in [6.07, 6.45) is 2.28. The van der Waals surface area contributed by atoms with Gasteiger partial charge in [0.1, 0.15) is 0 Å². The van der Waals surface area contributed by atoms with Gasteiger partial charge in [-0.2, -0.15) is 0 Å². The fraction of sp³-hybridized carbons (Fsp3) is 0.217. The Balaban J connectivity index is 1.36. The molecule has 3 heterocycles. The first-order chi connectivity index (χ1) is 15.2. The summed E-state index contributed by atoms with van der Waals surface area (Å²) in [4.78, 5) is 20.8. The number of rotatable bonds is 5.